The lowest BCUT2D eigenvalue weighted by molar-refractivity contribution is 0.101. The molecule has 2 N–H and O–H groups in total. The number of benzene rings is 2. The number of halogens is 2. The van der Waals surface area contributed by atoms with E-state index in [2.05, 4.69) is 15.6 Å². The lowest BCUT2D eigenvalue weighted by Gasteiger charge is -2.13. The molecule has 33 heavy (non-hydrogen) atoms. The molecule has 0 aliphatic rings. The smallest absolute Gasteiger partial charge is 0.275 e. The van der Waals surface area contributed by atoms with Crippen LogP contribution in [0.5, 0.6) is 5.75 Å². The van der Waals surface area contributed by atoms with Crippen LogP contribution in [0.3, 0.4) is 0 Å². The number of amides is 2. The summed E-state index contributed by atoms with van der Waals surface area (Å²) in [6.07, 6.45) is 1.54. The van der Waals surface area contributed by atoms with Crippen molar-refractivity contribution in [1.82, 2.24) is 4.98 Å². The largest absolute Gasteiger partial charge is 0.495 e. The summed E-state index contributed by atoms with van der Waals surface area (Å²) in [4.78, 5) is 30.5. The van der Waals surface area contributed by atoms with Crippen LogP contribution in [0.2, 0.25) is 5.02 Å². The number of hydrogen-bond donors (Lipinski definition) is 2. The lowest BCUT2D eigenvalue weighted by Crippen LogP contribution is -2.16. The van der Waals surface area contributed by atoms with Crippen LogP contribution < -0.4 is 15.4 Å². The summed E-state index contributed by atoms with van der Waals surface area (Å²) in [5.74, 6) is -0.960. The number of nitrogens with one attached hydrogen (secondary N) is 2. The van der Waals surface area contributed by atoms with Crippen molar-refractivity contribution in [3.8, 4) is 16.5 Å². The van der Waals surface area contributed by atoms with Gasteiger partial charge in [-0.3, -0.25) is 9.59 Å². The molecule has 0 fully saturated rings. The maximum Gasteiger partial charge on any atom is 0.275 e. The van der Waals surface area contributed by atoms with Gasteiger partial charge >= 0.3 is 0 Å². The van der Waals surface area contributed by atoms with Gasteiger partial charge < -0.3 is 19.8 Å². The monoisotopic (exact) mass is 485 g/mol. The molecule has 7 nitrogen and oxygen atoms in total. The summed E-state index contributed by atoms with van der Waals surface area (Å²) in [6.45, 7) is 1.79. The van der Waals surface area contributed by atoms with Gasteiger partial charge in [0.25, 0.3) is 11.8 Å². The Morgan fingerprint density at radius 2 is 1.94 bits per heavy atom. The van der Waals surface area contributed by atoms with Crippen LogP contribution in [-0.2, 0) is 0 Å². The molecule has 10 heteroatoms. The van der Waals surface area contributed by atoms with E-state index in [0.717, 1.165) is 10.9 Å². The molecule has 0 aliphatic carbocycles. The Bertz CT molecular complexity index is 1340. The first-order valence-corrected chi connectivity index (χ1v) is 10.8. The zero-order chi connectivity index (χ0) is 23.5. The molecule has 2 heterocycles. The van der Waals surface area contributed by atoms with Crippen molar-refractivity contribution in [2.45, 2.75) is 6.92 Å². The number of furan rings is 1. The van der Waals surface area contributed by atoms with Crippen molar-refractivity contribution in [1.29, 1.82) is 0 Å². The number of nitrogens with zero attached hydrogens (tertiary/aromatic N) is 1. The fraction of sp³-hybridized carbons (Fsp3) is 0.0870. The first-order chi connectivity index (χ1) is 15.9. The first-order valence-electron chi connectivity index (χ1n) is 9.63. The Hall–Kier alpha value is -3.69. The normalized spacial score (nSPS) is 10.7. The van der Waals surface area contributed by atoms with Crippen molar-refractivity contribution < 1.29 is 23.1 Å². The van der Waals surface area contributed by atoms with Crippen molar-refractivity contribution in [3.05, 3.63) is 81.8 Å². The predicted octanol–water partition coefficient (Wildman–Crippen LogP) is 6.02. The molecule has 168 valence electrons. The van der Waals surface area contributed by atoms with Crippen molar-refractivity contribution in [3.63, 3.8) is 0 Å². The third-order valence-corrected chi connectivity index (χ3v) is 5.85. The Balaban J connectivity index is 1.55. The first kappa shape index (κ1) is 22.5. The maximum absolute atomic E-state index is 14.1. The highest BCUT2D eigenvalue weighted by Crippen LogP contribution is 2.31. The molecular formula is C23H17ClFN3O4S. The fourth-order valence-corrected chi connectivity index (χ4v) is 4.09. The fourth-order valence-electron chi connectivity index (χ4n) is 3.05. The summed E-state index contributed by atoms with van der Waals surface area (Å²) in [5, 5.41) is 6.13. The number of ether oxygens (including phenoxy) is 1. The average Bonchev–Trinajstić information content (AvgIpc) is 3.43. The summed E-state index contributed by atoms with van der Waals surface area (Å²) in [6, 6.07) is 12.0. The number of methoxy groups -OCH3 is 1. The Morgan fingerprint density at radius 1 is 1.12 bits per heavy atom. The molecule has 2 amide bonds. The molecule has 0 radical (unpaired) electrons. The summed E-state index contributed by atoms with van der Waals surface area (Å²) >= 11 is 7.09. The molecule has 0 unspecified atom stereocenters. The number of hydrogen-bond acceptors (Lipinski definition) is 6. The standard InChI is InChI=1S/C23H17ClFN3O4S/c1-12-20(28-23(33-12)19-4-3-9-32-19)22(30)26-14-6-8-18(31-2)17(11-14)27-21(29)15-7-5-13(24)10-16(15)25/h3-11H,1-2H3,(H,26,30)(H,27,29). The summed E-state index contributed by atoms with van der Waals surface area (Å²) in [5.41, 5.74) is 0.719. The van der Waals surface area contributed by atoms with Gasteiger partial charge in [-0.2, -0.15) is 0 Å². The van der Waals surface area contributed by atoms with Crippen molar-refractivity contribution >= 4 is 46.1 Å². The number of aryl methyl sites for hydroxylation is 1. The van der Waals surface area contributed by atoms with Crippen LogP contribution >= 0.6 is 22.9 Å². The molecule has 2 aromatic heterocycles. The van der Waals surface area contributed by atoms with Crippen LogP contribution in [0.15, 0.2) is 59.2 Å². The maximum atomic E-state index is 14.1. The number of rotatable bonds is 6. The van der Waals surface area contributed by atoms with Gasteiger partial charge in [-0.1, -0.05) is 11.6 Å². The van der Waals surface area contributed by atoms with Crippen molar-refractivity contribution in [2.75, 3.05) is 17.7 Å². The van der Waals surface area contributed by atoms with Gasteiger partial charge in [-0.25, -0.2) is 9.37 Å². The Labute approximate surface area is 197 Å². The second kappa shape index (κ2) is 9.43. The number of thiazole rings is 1. The Kier molecular flexibility index (Phi) is 6.43. The second-order valence-electron chi connectivity index (χ2n) is 6.85. The van der Waals surface area contributed by atoms with Gasteiger partial charge in [0.15, 0.2) is 10.8 Å². The molecule has 0 aliphatic heterocycles. The zero-order valence-corrected chi connectivity index (χ0v) is 19.0. The molecule has 0 spiro atoms. The van der Waals surface area contributed by atoms with Gasteiger partial charge in [0, 0.05) is 15.6 Å². The van der Waals surface area contributed by atoms with E-state index in [1.165, 1.54) is 42.9 Å². The molecule has 0 saturated heterocycles. The molecule has 0 bridgehead atoms. The van der Waals surface area contributed by atoms with Crippen LogP contribution in [0.4, 0.5) is 15.8 Å². The minimum Gasteiger partial charge on any atom is -0.495 e. The van der Waals surface area contributed by atoms with E-state index in [1.54, 1.807) is 31.2 Å². The van der Waals surface area contributed by atoms with E-state index in [4.69, 9.17) is 20.8 Å². The zero-order valence-electron chi connectivity index (χ0n) is 17.4. The highest BCUT2D eigenvalue weighted by molar-refractivity contribution is 7.15. The summed E-state index contributed by atoms with van der Waals surface area (Å²) in [7, 11) is 1.43. The van der Waals surface area contributed by atoms with Gasteiger partial charge in [-0.15, -0.1) is 11.3 Å². The van der Waals surface area contributed by atoms with Crippen LogP contribution in [0.1, 0.15) is 25.7 Å². The SMILES string of the molecule is COc1ccc(NC(=O)c2nc(-c3ccco3)sc2C)cc1NC(=O)c1ccc(Cl)cc1F. The second-order valence-corrected chi connectivity index (χ2v) is 8.49. The third-order valence-electron chi connectivity index (χ3n) is 4.62. The highest BCUT2D eigenvalue weighted by atomic mass is 35.5. The quantitative estimate of drug-likeness (QED) is 0.348. The molecule has 4 rings (SSSR count). The molecule has 4 aromatic rings. The van der Waals surface area contributed by atoms with Crippen LogP contribution in [0.25, 0.3) is 10.8 Å². The van der Waals surface area contributed by atoms with E-state index in [0.29, 0.717) is 22.2 Å². The molecule has 2 aromatic carbocycles. The van der Waals surface area contributed by atoms with Gasteiger partial charge in [-0.05, 0) is 55.5 Å². The van der Waals surface area contributed by atoms with E-state index >= 15 is 0 Å². The Morgan fingerprint density at radius 3 is 2.64 bits per heavy atom. The van der Waals surface area contributed by atoms with Crippen LogP contribution in [0, 0.1) is 12.7 Å². The van der Waals surface area contributed by atoms with E-state index in [1.807, 2.05) is 0 Å². The number of anilines is 2. The van der Waals surface area contributed by atoms with Gasteiger partial charge in [0.1, 0.15) is 17.3 Å². The van der Waals surface area contributed by atoms with Crippen LogP contribution in [-0.4, -0.2) is 23.9 Å². The predicted molar refractivity (Wildman–Crippen MR) is 125 cm³/mol. The van der Waals surface area contributed by atoms with Crippen molar-refractivity contribution in [2.24, 2.45) is 0 Å². The van der Waals surface area contributed by atoms with E-state index in [9.17, 15) is 14.0 Å². The van der Waals surface area contributed by atoms with E-state index in [-0.39, 0.29) is 22.0 Å². The molecule has 0 saturated carbocycles. The topological polar surface area (TPSA) is 93.5 Å². The van der Waals surface area contributed by atoms with Gasteiger partial charge in [0.2, 0.25) is 0 Å². The summed E-state index contributed by atoms with van der Waals surface area (Å²) < 4.78 is 24.7. The minimum atomic E-state index is -0.755. The number of carbonyl (C=O) groups is 2. The number of aromatic nitrogens is 1. The lowest BCUT2D eigenvalue weighted by atomic mass is 10.2. The molecule has 0 atom stereocenters. The number of carbonyl (C=O) groups excluding carboxylic acids is 2. The van der Waals surface area contributed by atoms with Gasteiger partial charge in [0.05, 0.1) is 24.6 Å². The average molecular weight is 486 g/mol. The molecular weight excluding hydrogens is 469 g/mol. The van der Waals surface area contributed by atoms with E-state index < -0.39 is 17.6 Å². The highest BCUT2D eigenvalue weighted by Gasteiger charge is 2.19. The minimum absolute atomic E-state index is 0.180. The third kappa shape index (κ3) is 4.89.